The number of ether oxygens (including phenoxy) is 2. The summed E-state index contributed by atoms with van der Waals surface area (Å²) in [5, 5.41) is 3.81. The van der Waals surface area contributed by atoms with Crippen molar-refractivity contribution in [3.05, 3.63) is 107 Å². The van der Waals surface area contributed by atoms with Crippen LogP contribution in [0, 0.1) is 6.92 Å². The Morgan fingerprint density at radius 1 is 0.933 bits per heavy atom. The van der Waals surface area contributed by atoms with E-state index in [0.717, 1.165) is 77.6 Å². The third-order valence-electron chi connectivity index (χ3n) is 11.3. The number of carbonyl (C=O) groups is 2. The summed E-state index contributed by atoms with van der Waals surface area (Å²) in [6.07, 6.45) is 4.60. The van der Waals surface area contributed by atoms with Crippen LogP contribution in [0.5, 0.6) is 11.5 Å². The van der Waals surface area contributed by atoms with Crippen LogP contribution in [0.4, 0.5) is 11.4 Å². The number of fused-ring (bicyclic) bond motifs is 1. The number of Topliss-reactive ketones (excluding diaryl/α,β-unsaturated/α-hetero) is 1. The molecule has 1 amide bonds. The first-order valence-electron chi connectivity index (χ1n) is 20.3. The van der Waals surface area contributed by atoms with Crippen LogP contribution in [-0.4, -0.2) is 99.1 Å². The summed E-state index contributed by atoms with van der Waals surface area (Å²) in [6.45, 7) is 16.5. The summed E-state index contributed by atoms with van der Waals surface area (Å²) in [7, 11) is 1.57. The molecule has 1 aliphatic rings. The van der Waals surface area contributed by atoms with E-state index in [2.05, 4.69) is 45.7 Å². The highest BCUT2D eigenvalue weighted by molar-refractivity contribution is 7.92. The van der Waals surface area contributed by atoms with Crippen molar-refractivity contribution in [3.8, 4) is 22.6 Å². The molecule has 0 aliphatic carbocycles. The van der Waals surface area contributed by atoms with Crippen LogP contribution in [-0.2, 0) is 21.9 Å². The van der Waals surface area contributed by atoms with E-state index in [-0.39, 0.29) is 34.1 Å². The van der Waals surface area contributed by atoms with Gasteiger partial charge in [-0.1, -0.05) is 39.0 Å². The molecule has 6 rings (SSSR count). The lowest BCUT2D eigenvalue weighted by Crippen LogP contribution is -2.57. The molecule has 12 nitrogen and oxygen atoms in total. The third-order valence-corrected chi connectivity index (χ3v) is 11.9. The number of hydrogen-bond acceptors (Lipinski definition) is 10. The predicted molar refractivity (Wildman–Crippen MR) is 240 cm³/mol. The Morgan fingerprint density at radius 2 is 1.68 bits per heavy atom. The lowest BCUT2D eigenvalue weighted by atomic mass is 9.86. The topological polar surface area (TPSA) is 143 Å². The summed E-state index contributed by atoms with van der Waals surface area (Å²) in [5.41, 5.74) is 6.66. The van der Waals surface area contributed by atoms with E-state index in [1.54, 1.807) is 25.4 Å². The van der Waals surface area contributed by atoms with Crippen LogP contribution >= 0.6 is 0 Å². The molecule has 0 spiro atoms. The van der Waals surface area contributed by atoms with Crippen LogP contribution in [0.2, 0.25) is 0 Å². The van der Waals surface area contributed by atoms with Crippen molar-refractivity contribution >= 4 is 44.0 Å². The fourth-order valence-electron chi connectivity index (χ4n) is 7.63. The molecular weight excluding hydrogens is 777 g/mol. The number of methoxy groups -OCH3 is 2. The molecule has 5 aromatic rings. The first kappa shape index (κ1) is 44.2. The minimum absolute atomic E-state index is 0.0788. The Bertz CT molecular complexity index is 2530. The second kappa shape index (κ2) is 17.7. The number of likely N-dealkylation sites (N-methyl/N-ethyl adjacent to an activating group) is 1. The molecule has 318 valence electrons. The normalized spacial score (nSPS) is 14.8. The van der Waals surface area contributed by atoms with Gasteiger partial charge in [0.25, 0.3) is 5.91 Å². The van der Waals surface area contributed by atoms with Gasteiger partial charge in [-0.3, -0.25) is 19.2 Å². The largest absolute Gasteiger partial charge is 0.496 e. The molecule has 0 radical (unpaired) electrons. The van der Waals surface area contributed by atoms with Crippen molar-refractivity contribution < 1.29 is 27.5 Å². The van der Waals surface area contributed by atoms with Crippen LogP contribution < -0.4 is 19.5 Å². The van der Waals surface area contributed by atoms with E-state index in [1.807, 2.05) is 82.3 Å². The van der Waals surface area contributed by atoms with E-state index in [1.165, 1.54) is 7.11 Å². The van der Waals surface area contributed by atoms with Crippen LogP contribution in [0.3, 0.4) is 0 Å². The maximum atomic E-state index is 13.8. The zero-order chi connectivity index (χ0) is 43.6. The van der Waals surface area contributed by atoms with E-state index < -0.39 is 10.0 Å². The van der Waals surface area contributed by atoms with Gasteiger partial charge in [0, 0.05) is 55.2 Å². The highest BCUT2D eigenvalue weighted by Gasteiger charge is 2.31. The Balaban J connectivity index is 1.16. The van der Waals surface area contributed by atoms with Gasteiger partial charge in [-0.25, -0.2) is 18.4 Å². The smallest absolute Gasteiger partial charge is 0.255 e. The zero-order valence-corrected chi connectivity index (χ0v) is 37.3. The van der Waals surface area contributed by atoms with Gasteiger partial charge in [-0.05, 0) is 123 Å². The Morgan fingerprint density at radius 3 is 2.37 bits per heavy atom. The molecule has 2 heterocycles. The van der Waals surface area contributed by atoms with Gasteiger partial charge in [-0.2, -0.15) is 0 Å². The fraction of sp³-hybridized carbons (Fsp3) is 0.404. The average molecular weight is 835 g/mol. The van der Waals surface area contributed by atoms with Gasteiger partial charge in [0.05, 0.1) is 42.9 Å². The molecule has 1 saturated heterocycles. The van der Waals surface area contributed by atoms with E-state index in [0.29, 0.717) is 41.2 Å². The first-order valence-corrected chi connectivity index (χ1v) is 22.2. The van der Waals surface area contributed by atoms with E-state index in [9.17, 15) is 18.0 Å². The highest BCUT2D eigenvalue weighted by Crippen LogP contribution is 2.39. The average Bonchev–Trinajstić information content (AvgIpc) is 3.18. The van der Waals surface area contributed by atoms with Crippen molar-refractivity contribution in [2.75, 3.05) is 63.7 Å². The number of sulfonamides is 1. The molecule has 60 heavy (non-hydrogen) atoms. The number of anilines is 2. The van der Waals surface area contributed by atoms with Crippen LogP contribution in [0.25, 0.3) is 22.0 Å². The number of aryl methyl sites for hydroxylation is 1. The second-order valence-corrected chi connectivity index (χ2v) is 19.3. The number of ketones is 1. The third kappa shape index (κ3) is 10.5. The number of amides is 1. The molecule has 13 heteroatoms. The van der Waals surface area contributed by atoms with E-state index >= 15 is 0 Å². The predicted octanol–water partition coefficient (Wildman–Crippen LogP) is 8.12. The quantitative estimate of drug-likeness (QED) is 0.105. The molecule has 1 fully saturated rings. The van der Waals surface area contributed by atoms with Crippen LogP contribution in [0.1, 0.15) is 90.7 Å². The van der Waals surface area contributed by atoms with Gasteiger partial charge in [0.2, 0.25) is 10.0 Å². The lowest BCUT2D eigenvalue weighted by molar-refractivity contribution is 0.0392. The molecule has 1 aliphatic heterocycles. The second-order valence-electron chi connectivity index (χ2n) is 17.5. The molecule has 0 saturated carbocycles. The molecule has 0 bridgehead atoms. The van der Waals surface area contributed by atoms with Gasteiger partial charge in [-0.15, -0.1) is 0 Å². The van der Waals surface area contributed by atoms with Crippen molar-refractivity contribution in [2.45, 2.75) is 71.8 Å². The standard InChI is InChI=1S/C47H58N6O6S/c1-30-13-15-33(45(55)50-39-26-35(46(2,3)4)27-40(44(39)59-9)51-60(10,56)57)25-37(30)32-16-18-38-34(24-32)28-48-43(49-38)23-31-14-17-36(42(22-31)58-8)41(54)12-11-19-53-21-20-52(7)47(5,6)29-53/h13-18,22,24-28,51H,11-12,19-21,23,29H2,1-10H3,(H,50,55). The monoisotopic (exact) mass is 834 g/mol. The summed E-state index contributed by atoms with van der Waals surface area (Å²) >= 11 is 0. The maximum Gasteiger partial charge on any atom is 0.255 e. The zero-order valence-electron chi connectivity index (χ0n) is 36.5. The van der Waals surface area contributed by atoms with Gasteiger partial charge in [0.1, 0.15) is 11.6 Å². The molecular formula is C47H58N6O6S. The molecule has 0 unspecified atom stereocenters. The Hall–Kier alpha value is -5.37. The Kier molecular flexibility index (Phi) is 13.0. The van der Waals surface area contributed by atoms with Crippen molar-refractivity contribution in [3.63, 3.8) is 0 Å². The molecule has 2 N–H and O–H groups in total. The number of carbonyl (C=O) groups excluding carboxylic acids is 2. The number of aromatic nitrogens is 2. The van der Waals surface area contributed by atoms with Crippen LogP contribution in [0.15, 0.2) is 72.9 Å². The SMILES string of the molecule is COc1cc(Cc2ncc3cc(-c4cc(C(=O)Nc5cc(C(C)(C)C)cc(NS(C)(=O)=O)c5OC)ccc4C)ccc3n2)ccc1C(=O)CCCN1CCN(C)C(C)(C)C1. The van der Waals surface area contributed by atoms with Gasteiger partial charge in [0.15, 0.2) is 11.5 Å². The lowest BCUT2D eigenvalue weighted by Gasteiger charge is -2.45. The number of nitrogens with zero attached hydrogens (tertiary/aromatic N) is 4. The van der Waals surface area contributed by atoms with Crippen molar-refractivity contribution in [2.24, 2.45) is 0 Å². The number of piperazine rings is 1. The fourth-order valence-corrected chi connectivity index (χ4v) is 8.18. The first-order chi connectivity index (χ1) is 28.2. The summed E-state index contributed by atoms with van der Waals surface area (Å²) in [6, 6.07) is 20.7. The summed E-state index contributed by atoms with van der Waals surface area (Å²) < 4.78 is 38.2. The van der Waals surface area contributed by atoms with E-state index in [4.69, 9.17) is 14.5 Å². The van der Waals surface area contributed by atoms with Crippen molar-refractivity contribution in [1.82, 2.24) is 19.8 Å². The molecule has 4 aromatic carbocycles. The highest BCUT2D eigenvalue weighted by atomic mass is 32.2. The van der Waals surface area contributed by atoms with Gasteiger partial charge < -0.3 is 19.7 Å². The molecule has 0 atom stereocenters. The number of hydrogen-bond donors (Lipinski definition) is 2. The number of nitrogens with one attached hydrogen (secondary N) is 2. The number of benzene rings is 4. The Labute approximate surface area is 354 Å². The van der Waals surface area contributed by atoms with Crippen molar-refractivity contribution in [1.29, 1.82) is 0 Å². The maximum absolute atomic E-state index is 13.8. The summed E-state index contributed by atoms with van der Waals surface area (Å²) in [4.78, 5) is 41.5. The summed E-state index contributed by atoms with van der Waals surface area (Å²) in [5.74, 6) is 1.11. The van der Waals surface area contributed by atoms with Gasteiger partial charge >= 0.3 is 0 Å². The minimum atomic E-state index is -3.63. The number of rotatable bonds is 14. The molecule has 1 aromatic heterocycles. The minimum Gasteiger partial charge on any atom is -0.496 e.